The van der Waals surface area contributed by atoms with E-state index in [1.165, 1.54) is 6.08 Å². The highest BCUT2D eigenvalue weighted by molar-refractivity contribution is 6.32. The van der Waals surface area contributed by atoms with Crippen LogP contribution in [0.3, 0.4) is 0 Å². The first-order chi connectivity index (χ1) is 16.6. The molecule has 1 fully saturated rings. The van der Waals surface area contributed by atoms with Crippen molar-refractivity contribution in [2.45, 2.75) is 13.0 Å². The first kappa shape index (κ1) is 24.2. The van der Waals surface area contributed by atoms with Crippen LogP contribution in [-0.4, -0.2) is 64.2 Å². The van der Waals surface area contributed by atoms with Gasteiger partial charge >= 0.3 is 0 Å². The maximum absolute atomic E-state index is 12.6. The summed E-state index contributed by atoms with van der Waals surface area (Å²) in [5.41, 5.74) is 1.79. The molecule has 1 atom stereocenters. The number of nitrogens with one attached hydrogen (secondary N) is 1. The van der Waals surface area contributed by atoms with Crippen LogP contribution < -0.4 is 24.3 Å². The number of amides is 1. The van der Waals surface area contributed by atoms with Crippen LogP contribution in [0.4, 0.5) is 0 Å². The lowest BCUT2D eigenvalue weighted by molar-refractivity contribution is -0.116. The predicted molar refractivity (Wildman–Crippen MR) is 129 cm³/mol. The third-order valence-corrected chi connectivity index (χ3v) is 5.99. The van der Waals surface area contributed by atoms with Gasteiger partial charge in [0.2, 0.25) is 12.7 Å². The SMILES string of the molecule is CCOc1ccc(C(CNC(=O)/C=C/c2cc(Cl)c3c(c2)OCO3)N2CCOCC2)cc1OC. The van der Waals surface area contributed by atoms with Gasteiger partial charge in [-0.1, -0.05) is 17.7 Å². The standard InChI is InChI=1S/C25H29ClN2O6/c1-3-32-21-6-5-18(14-22(21)30-2)20(28-8-10-31-11-9-28)15-27-24(29)7-4-17-12-19(26)25-23(13-17)33-16-34-25/h4-7,12-14,20H,3,8-11,15-16H2,1-2H3,(H,27,29)/b7-4+. The van der Waals surface area contributed by atoms with Crippen LogP contribution in [0.5, 0.6) is 23.0 Å². The number of carbonyl (C=O) groups is 1. The molecule has 2 aliphatic heterocycles. The van der Waals surface area contributed by atoms with E-state index in [1.54, 1.807) is 25.3 Å². The highest BCUT2D eigenvalue weighted by Gasteiger charge is 2.24. The van der Waals surface area contributed by atoms with Crippen molar-refractivity contribution in [2.75, 3.05) is 53.4 Å². The minimum absolute atomic E-state index is 0.0363. The summed E-state index contributed by atoms with van der Waals surface area (Å²) < 4.78 is 27.4. The summed E-state index contributed by atoms with van der Waals surface area (Å²) in [7, 11) is 1.63. The number of benzene rings is 2. The van der Waals surface area contributed by atoms with Crippen LogP contribution >= 0.6 is 11.6 Å². The number of methoxy groups -OCH3 is 1. The Bertz CT molecular complexity index is 1040. The second kappa shape index (κ2) is 11.5. The maximum atomic E-state index is 12.6. The van der Waals surface area contributed by atoms with Crippen molar-refractivity contribution in [3.63, 3.8) is 0 Å². The summed E-state index contributed by atoms with van der Waals surface area (Å²) in [4.78, 5) is 14.9. The summed E-state index contributed by atoms with van der Waals surface area (Å²) >= 11 is 6.23. The maximum Gasteiger partial charge on any atom is 0.244 e. The van der Waals surface area contributed by atoms with Gasteiger partial charge in [0.05, 0.1) is 38.0 Å². The Balaban J connectivity index is 1.46. The molecule has 1 saturated heterocycles. The molecule has 2 heterocycles. The molecule has 9 heteroatoms. The zero-order chi connectivity index (χ0) is 23.9. The van der Waals surface area contributed by atoms with Crippen LogP contribution in [0.2, 0.25) is 5.02 Å². The molecule has 1 N–H and O–H groups in total. The largest absolute Gasteiger partial charge is 0.493 e. The second-order valence-corrected chi connectivity index (χ2v) is 8.23. The highest BCUT2D eigenvalue weighted by atomic mass is 35.5. The quantitative estimate of drug-likeness (QED) is 0.539. The van der Waals surface area contributed by atoms with Gasteiger partial charge in [-0.3, -0.25) is 9.69 Å². The molecule has 1 amide bonds. The van der Waals surface area contributed by atoms with Gasteiger partial charge in [0, 0.05) is 25.7 Å². The molecule has 0 aromatic heterocycles. The fraction of sp³-hybridized carbons (Fsp3) is 0.400. The van der Waals surface area contributed by atoms with Gasteiger partial charge in [-0.05, 0) is 48.4 Å². The Labute approximate surface area is 204 Å². The van der Waals surface area contributed by atoms with Crippen molar-refractivity contribution in [3.05, 3.63) is 52.6 Å². The van der Waals surface area contributed by atoms with Gasteiger partial charge < -0.3 is 29.0 Å². The average molecular weight is 489 g/mol. The Morgan fingerprint density at radius 2 is 2.03 bits per heavy atom. The van der Waals surface area contributed by atoms with E-state index in [1.807, 2.05) is 25.1 Å². The minimum Gasteiger partial charge on any atom is -0.493 e. The number of nitrogens with zero attached hydrogens (tertiary/aromatic N) is 1. The third kappa shape index (κ3) is 5.75. The number of hydrogen-bond donors (Lipinski definition) is 1. The lowest BCUT2D eigenvalue weighted by Crippen LogP contribution is -2.43. The van der Waals surface area contributed by atoms with Gasteiger partial charge in [0.25, 0.3) is 0 Å². The summed E-state index contributed by atoms with van der Waals surface area (Å²) in [5, 5.41) is 3.47. The normalized spacial score (nSPS) is 16.4. The Kier molecular flexibility index (Phi) is 8.16. The van der Waals surface area contributed by atoms with Gasteiger partial charge in [-0.25, -0.2) is 0 Å². The molecule has 34 heavy (non-hydrogen) atoms. The van der Waals surface area contributed by atoms with Crippen molar-refractivity contribution in [3.8, 4) is 23.0 Å². The van der Waals surface area contributed by atoms with E-state index in [-0.39, 0.29) is 18.7 Å². The highest BCUT2D eigenvalue weighted by Crippen LogP contribution is 2.40. The molecule has 0 aliphatic carbocycles. The molecule has 2 aromatic carbocycles. The van der Waals surface area contributed by atoms with E-state index >= 15 is 0 Å². The Morgan fingerprint density at radius 3 is 2.79 bits per heavy atom. The third-order valence-electron chi connectivity index (χ3n) is 5.71. The Hall–Kier alpha value is -2.94. The summed E-state index contributed by atoms with van der Waals surface area (Å²) in [6.07, 6.45) is 3.19. The van der Waals surface area contributed by atoms with Crippen LogP contribution in [-0.2, 0) is 9.53 Å². The molecule has 182 valence electrons. The molecular formula is C25H29ClN2O6. The molecule has 0 spiro atoms. The van der Waals surface area contributed by atoms with Gasteiger partial charge in [-0.2, -0.15) is 0 Å². The number of fused-ring (bicyclic) bond motifs is 1. The van der Waals surface area contributed by atoms with Crippen molar-refractivity contribution >= 4 is 23.6 Å². The topological polar surface area (TPSA) is 78.5 Å². The molecule has 1 unspecified atom stereocenters. The summed E-state index contributed by atoms with van der Waals surface area (Å²) in [5.74, 6) is 2.27. The zero-order valence-electron chi connectivity index (χ0n) is 19.3. The molecule has 0 radical (unpaired) electrons. The van der Waals surface area contributed by atoms with E-state index in [4.69, 9.17) is 35.3 Å². The first-order valence-electron chi connectivity index (χ1n) is 11.3. The molecule has 2 aliphatic rings. The zero-order valence-corrected chi connectivity index (χ0v) is 20.1. The van der Waals surface area contributed by atoms with Crippen LogP contribution in [0.1, 0.15) is 24.1 Å². The molecule has 0 bridgehead atoms. The van der Waals surface area contributed by atoms with Crippen molar-refractivity contribution in [1.82, 2.24) is 10.2 Å². The number of ether oxygens (including phenoxy) is 5. The number of rotatable bonds is 9. The number of morpholine rings is 1. The molecule has 0 saturated carbocycles. The van der Waals surface area contributed by atoms with Crippen LogP contribution in [0, 0.1) is 0 Å². The Morgan fingerprint density at radius 1 is 1.21 bits per heavy atom. The van der Waals surface area contributed by atoms with Crippen molar-refractivity contribution in [2.24, 2.45) is 0 Å². The monoisotopic (exact) mass is 488 g/mol. The fourth-order valence-corrected chi connectivity index (χ4v) is 4.30. The first-order valence-corrected chi connectivity index (χ1v) is 11.6. The van der Waals surface area contributed by atoms with Gasteiger partial charge in [0.15, 0.2) is 23.0 Å². The number of carbonyl (C=O) groups excluding carboxylic acids is 1. The van der Waals surface area contributed by atoms with E-state index in [2.05, 4.69) is 10.2 Å². The van der Waals surface area contributed by atoms with Crippen LogP contribution in [0.25, 0.3) is 6.08 Å². The van der Waals surface area contributed by atoms with Crippen molar-refractivity contribution in [1.29, 1.82) is 0 Å². The van der Waals surface area contributed by atoms with Crippen molar-refractivity contribution < 1.29 is 28.5 Å². The van der Waals surface area contributed by atoms with E-state index in [9.17, 15) is 4.79 Å². The lowest BCUT2D eigenvalue weighted by atomic mass is 10.0. The molecule has 8 nitrogen and oxygen atoms in total. The molecule has 4 rings (SSSR count). The molecular weight excluding hydrogens is 460 g/mol. The predicted octanol–water partition coefficient (Wildman–Crippen LogP) is 3.68. The summed E-state index contributed by atoms with van der Waals surface area (Å²) in [6.45, 7) is 5.93. The van der Waals surface area contributed by atoms with Gasteiger partial charge in [0.1, 0.15) is 0 Å². The average Bonchev–Trinajstić information content (AvgIpc) is 3.34. The van der Waals surface area contributed by atoms with E-state index in [0.717, 1.165) is 24.2 Å². The van der Waals surface area contributed by atoms with Gasteiger partial charge in [-0.15, -0.1) is 0 Å². The van der Waals surface area contributed by atoms with E-state index in [0.29, 0.717) is 54.4 Å². The lowest BCUT2D eigenvalue weighted by Gasteiger charge is -2.35. The number of halogens is 1. The number of hydrogen-bond acceptors (Lipinski definition) is 7. The minimum atomic E-state index is -0.204. The second-order valence-electron chi connectivity index (χ2n) is 7.82. The summed E-state index contributed by atoms with van der Waals surface area (Å²) in [6, 6.07) is 9.40. The smallest absolute Gasteiger partial charge is 0.244 e. The van der Waals surface area contributed by atoms with Crippen LogP contribution in [0.15, 0.2) is 36.4 Å². The van der Waals surface area contributed by atoms with E-state index < -0.39 is 0 Å². The fourth-order valence-electron chi connectivity index (χ4n) is 4.02. The molecule has 2 aromatic rings.